The van der Waals surface area contributed by atoms with Crippen LogP contribution in [0.4, 0.5) is 0 Å². The fourth-order valence-corrected chi connectivity index (χ4v) is 2.72. The van der Waals surface area contributed by atoms with Crippen LogP contribution in [0.3, 0.4) is 0 Å². The van der Waals surface area contributed by atoms with E-state index in [0.717, 1.165) is 11.1 Å². The van der Waals surface area contributed by atoms with E-state index in [1.807, 2.05) is 43.3 Å². The van der Waals surface area contributed by atoms with Crippen molar-refractivity contribution in [1.82, 2.24) is 4.90 Å². The number of hydrogen-bond donors (Lipinski definition) is 1. The molecular weight excluding hydrogens is 264 g/mol. The van der Waals surface area contributed by atoms with E-state index in [1.54, 1.807) is 12.1 Å². The van der Waals surface area contributed by atoms with Crippen molar-refractivity contribution in [2.24, 2.45) is 5.73 Å². The molecule has 1 heterocycles. The molecule has 4 nitrogen and oxygen atoms in total. The molecule has 1 unspecified atom stereocenters. The predicted molar refractivity (Wildman–Crippen MR) is 79.9 cm³/mol. The van der Waals surface area contributed by atoms with E-state index >= 15 is 0 Å². The number of imide groups is 1. The number of nitrogens with zero attached hydrogens (tertiary/aromatic N) is 1. The van der Waals surface area contributed by atoms with Gasteiger partial charge in [0.1, 0.15) is 0 Å². The highest BCUT2D eigenvalue weighted by Crippen LogP contribution is 2.31. The Balaban J connectivity index is 2.04. The number of fused-ring (bicyclic) bond motifs is 1. The van der Waals surface area contributed by atoms with Crippen LogP contribution in [0.25, 0.3) is 0 Å². The first kappa shape index (κ1) is 13.5. The van der Waals surface area contributed by atoms with E-state index in [0.29, 0.717) is 11.1 Å². The normalized spacial score (nSPS) is 15.2. The molecule has 1 aliphatic rings. The molecule has 106 valence electrons. The molecule has 0 aliphatic carbocycles. The number of benzene rings is 2. The van der Waals surface area contributed by atoms with Crippen LogP contribution in [0, 0.1) is 6.92 Å². The van der Waals surface area contributed by atoms with Gasteiger partial charge in [-0.3, -0.25) is 14.5 Å². The summed E-state index contributed by atoms with van der Waals surface area (Å²) in [5.41, 5.74) is 8.58. The maximum Gasteiger partial charge on any atom is 0.262 e. The lowest BCUT2D eigenvalue weighted by molar-refractivity contribution is 0.0587. The van der Waals surface area contributed by atoms with Crippen LogP contribution in [-0.2, 0) is 0 Å². The number of nitrogens with two attached hydrogens (primary N) is 1. The monoisotopic (exact) mass is 280 g/mol. The predicted octanol–water partition coefficient (Wildman–Crippen LogP) is 2.29. The van der Waals surface area contributed by atoms with Crippen LogP contribution in [-0.4, -0.2) is 23.3 Å². The van der Waals surface area contributed by atoms with Gasteiger partial charge in [-0.15, -0.1) is 0 Å². The van der Waals surface area contributed by atoms with Crippen LogP contribution in [0.1, 0.15) is 37.9 Å². The minimum atomic E-state index is -0.432. The smallest absolute Gasteiger partial charge is 0.262 e. The Morgan fingerprint density at radius 1 is 1.00 bits per heavy atom. The van der Waals surface area contributed by atoms with Gasteiger partial charge in [0.2, 0.25) is 0 Å². The summed E-state index contributed by atoms with van der Waals surface area (Å²) in [5, 5.41) is 0. The minimum absolute atomic E-state index is 0.203. The van der Waals surface area contributed by atoms with Crippen molar-refractivity contribution in [3.05, 3.63) is 70.8 Å². The van der Waals surface area contributed by atoms with E-state index < -0.39 is 6.04 Å². The fraction of sp³-hybridized carbons (Fsp3) is 0.176. The lowest BCUT2D eigenvalue weighted by atomic mass is 10.1. The summed E-state index contributed by atoms with van der Waals surface area (Å²) in [6.07, 6.45) is 0. The standard InChI is InChI=1S/C17H16N2O2/c1-11-7-8-13-14(9-11)17(21)19(16(13)20)15(10-18)12-5-3-2-4-6-12/h2-9,15H,10,18H2,1H3. The maximum absolute atomic E-state index is 12.6. The highest BCUT2D eigenvalue weighted by Gasteiger charge is 2.39. The molecule has 2 aromatic rings. The average molecular weight is 280 g/mol. The second kappa shape index (κ2) is 5.14. The molecule has 3 rings (SSSR count). The van der Waals surface area contributed by atoms with Crippen LogP contribution in [0.15, 0.2) is 48.5 Å². The molecule has 0 bridgehead atoms. The van der Waals surface area contributed by atoms with E-state index in [9.17, 15) is 9.59 Å². The van der Waals surface area contributed by atoms with Crippen molar-refractivity contribution in [2.75, 3.05) is 6.54 Å². The van der Waals surface area contributed by atoms with Crippen LogP contribution in [0.5, 0.6) is 0 Å². The molecule has 0 fully saturated rings. The van der Waals surface area contributed by atoms with Crippen molar-refractivity contribution in [3.63, 3.8) is 0 Å². The Kier molecular flexibility index (Phi) is 3.31. The molecule has 0 radical (unpaired) electrons. The molecular formula is C17H16N2O2. The Morgan fingerprint density at radius 3 is 2.33 bits per heavy atom. The number of hydrogen-bond acceptors (Lipinski definition) is 3. The van der Waals surface area contributed by atoms with Crippen molar-refractivity contribution in [3.8, 4) is 0 Å². The zero-order valence-electron chi connectivity index (χ0n) is 11.7. The second-order valence-electron chi connectivity index (χ2n) is 5.19. The third-order valence-electron chi connectivity index (χ3n) is 3.79. The van der Waals surface area contributed by atoms with Gasteiger partial charge >= 0.3 is 0 Å². The minimum Gasteiger partial charge on any atom is -0.328 e. The van der Waals surface area contributed by atoms with Crippen molar-refractivity contribution < 1.29 is 9.59 Å². The number of carbonyl (C=O) groups is 2. The Labute approximate surface area is 123 Å². The number of amides is 2. The summed E-state index contributed by atoms with van der Waals surface area (Å²) in [4.78, 5) is 26.4. The average Bonchev–Trinajstić information content (AvgIpc) is 2.74. The molecule has 2 amide bonds. The molecule has 2 aromatic carbocycles. The Morgan fingerprint density at radius 2 is 1.67 bits per heavy atom. The van der Waals surface area contributed by atoms with Gasteiger partial charge < -0.3 is 5.73 Å². The van der Waals surface area contributed by atoms with Crippen LogP contribution in [0.2, 0.25) is 0 Å². The molecule has 0 saturated carbocycles. The summed E-state index contributed by atoms with van der Waals surface area (Å²) >= 11 is 0. The van der Waals surface area contributed by atoms with Crippen molar-refractivity contribution in [1.29, 1.82) is 0 Å². The quantitative estimate of drug-likeness (QED) is 0.877. The zero-order chi connectivity index (χ0) is 15.0. The van der Waals surface area contributed by atoms with Gasteiger partial charge in [-0.25, -0.2) is 0 Å². The van der Waals surface area contributed by atoms with Gasteiger partial charge in [0.15, 0.2) is 0 Å². The topological polar surface area (TPSA) is 63.4 Å². The first-order chi connectivity index (χ1) is 10.1. The summed E-state index contributed by atoms with van der Waals surface area (Å²) in [6, 6.07) is 14.3. The molecule has 1 atom stereocenters. The number of aryl methyl sites for hydroxylation is 1. The van der Waals surface area contributed by atoms with Crippen molar-refractivity contribution in [2.45, 2.75) is 13.0 Å². The van der Waals surface area contributed by atoms with E-state index in [2.05, 4.69) is 0 Å². The zero-order valence-corrected chi connectivity index (χ0v) is 11.7. The van der Waals surface area contributed by atoms with Crippen LogP contribution < -0.4 is 5.73 Å². The SMILES string of the molecule is Cc1ccc2c(c1)C(=O)N(C(CN)c1ccccc1)C2=O. The molecule has 0 aromatic heterocycles. The molecule has 4 heteroatoms. The summed E-state index contributed by atoms with van der Waals surface area (Å²) in [7, 11) is 0. The van der Waals surface area contributed by atoms with E-state index in [-0.39, 0.29) is 18.4 Å². The number of rotatable bonds is 3. The first-order valence-corrected chi connectivity index (χ1v) is 6.87. The number of carbonyl (C=O) groups excluding carboxylic acids is 2. The summed E-state index contributed by atoms with van der Waals surface area (Å²) in [6.45, 7) is 2.10. The van der Waals surface area contributed by atoms with E-state index in [4.69, 9.17) is 5.73 Å². The van der Waals surface area contributed by atoms with Gasteiger partial charge in [-0.1, -0.05) is 42.0 Å². The third kappa shape index (κ3) is 2.14. The Bertz CT molecular complexity index is 710. The second-order valence-corrected chi connectivity index (χ2v) is 5.19. The molecule has 0 spiro atoms. The lowest BCUT2D eigenvalue weighted by Crippen LogP contribution is -2.38. The van der Waals surface area contributed by atoms with E-state index in [1.165, 1.54) is 4.90 Å². The molecule has 2 N–H and O–H groups in total. The van der Waals surface area contributed by atoms with Gasteiger partial charge in [0.25, 0.3) is 11.8 Å². The maximum atomic E-state index is 12.6. The Hall–Kier alpha value is -2.46. The first-order valence-electron chi connectivity index (χ1n) is 6.87. The van der Waals surface area contributed by atoms with Gasteiger partial charge in [0.05, 0.1) is 17.2 Å². The van der Waals surface area contributed by atoms with Gasteiger partial charge in [0, 0.05) is 6.54 Å². The van der Waals surface area contributed by atoms with Crippen LogP contribution >= 0.6 is 0 Å². The highest BCUT2D eigenvalue weighted by molar-refractivity contribution is 6.21. The van der Waals surface area contributed by atoms with Gasteiger partial charge in [-0.05, 0) is 24.6 Å². The molecule has 0 saturated heterocycles. The molecule has 21 heavy (non-hydrogen) atoms. The lowest BCUT2D eigenvalue weighted by Gasteiger charge is -2.25. The largest absolute Gasteiger partial charge is 0.328 e. The highest BCUT2D eigenvalue weighted by atomic mass is 16.2. The summed E-state index contributed by atoms with van der Waals surface area (Å²) in [5.74, 6) is -0.535. The fourth-order valence-electron chi connectivity index (χ4n) is 2.72. The third-order valence-corrected chi connectivity index (χ3v) is 3.79. The van der Waals surface area contributed by atoms with Gasteiger partial charge in [-0.2, -0.15) is 0 Å². The van der Waals surface area contributed by atoms with Crippen molar-refractivity contribution >= 4 is 11.8 Å². The molecule has 1 aliphatic heterocycles. The summed E-state index contributed by atoms with van der Waals surface area (Å²) < 4.78 is 0.